The lowest BCUT2D eigenvalue weighted by atomic mass is 9.89. The minimum absolute atomic E-state index is 0.186. The van der Waals surface area contributed by atoms with Gasteiger partial charge in [0.25, 0.3) is 5.91 Å². The van der Waals surface area contributed by atoms with Crippen molar-refractivity contribution in [1.29, 1.82) is 0 Å². The molecule has 2 unspecified atom stereocenters. The number of nitrogens with one attached hydrogen (secondary N) is 1. The van der Waals surface area contributed by atoms with Crippen LogP contribution in [0.2, 0.25) is 0 Å². The minimum atomic E-state index is 0.186. The van der Waals surface area contributed by atoms with Crippen molar-refractivity contribution in [3.63, 3.8) is 0 Å². The highest BCUT2D eigenvalue weighted by atomic mass is 16.2. The molecule has 1 aliphatic heterocycles. The van der Waals surface area contributed by atoms with E-state index in [2.05, 4.69) is 19.2 Å². The number of piperidine rings is 1. The summed E-state index contributed by atoms with van der Waals surface area (Å²) in [4.78, 5) is 14.7. The Labute approximate surface area is 128 Å². The van der Waals surface area contributed by atoms with Crippen LogP contribution in [0.15, 0.2) is 24.3 Å². The van der Waals surface area contributed by atoms with Crippen LogP contribution in [0.25, 0.3) is 0 Å². The predicted molar refractivity (Wildman–Crippen MR) is 87.6 cm³/mol. The molecule has 1 fully saturated rings. The maximum atomic E-state index is 12.6. The maximum Gasteiger partial charge on any atom is 0.253 e. The predicted octanol–water partition coefficient (Wildman–Crippen LogP) is 3.24. The number of aryl methyl sites for hydroxylation is 1. The monoisotopic (exact) mass is 288 g/mol. The molecule has 0 bridgehead atoms. The van der Waals surface area contributed by atoms with Crippen LogP contribution < -0.4 is 5.32 Å². The second kappa shape index (κ2) is 7.60. The van der Waals surface area contributed by atoms with Crippen molar-refractivity contribution >= 4 is 5.91 Å². The second-order valence-corrected chi connectivity index (χ2v) is 6.14. The largest absolute Gasteiger partial charge is 0.338 e. The first-order valence-corrected chi connectivity index (χ1v) is 8.25. The number of carbonyl (C=O) groups excluding carboxylic acids is 1. The minimum Gasteiger partial charge on any atom is -0.338 e. The van der Waals surface area contributed by atoms with E-state index >= 15 is 0 Å². The first-order valence-electron chi connectivity index (χ1n) is 8.25. The molecule has 0 aromatic heterocycles. The third-order valence-electron chi connectivity index (χ3n) is 4.47. The van der Waals surface area contributed by atoms with E-state index in [-0.39, 0.29) is 5.91 Å². The van der Waals surface area contributed by atoms with Crippen LogP contribution in [0.3, 0.4) is 0 Å². The van der Waals surface area contributed by atoms with Gasteiger partial charge in [-0.05, 0) is 44.4 Å². The van der Waals surface area contributed by atoms with Gasteiger partial charge in [0.15, 0.2) is 0 Å². The molecular formula is C18H28N2O. The van der Waals surface area contributed by atoms with E-state index in [1.165, 1.54) is 6.42 Å². The lowest BCUT2D eigenvalue weighted by molar-refractivity contribution is 0.0627. The number of carbonyl (C=O) groups is 1. The van der Waals surface area contributed by atoms with Crippen LogP contribution in [-0.2, 0) is 0 Å². The molecule has 1 heterocycles. The van der Waals surface area contributed by atoms with Crippen LogP contribution in [0.1, 0.15) is 49.0 Å². The molecule has 1 saturated heterocycles. The molecule has 1 aliphatic rings. The van der Waals surface area contributed by atoms with Gasteiger partial charge in [-0.15, -0.1) is 0 Å². The van der Waals surface area contributed by atoms with Gasteiger partial charge in [0.1, 0.15) is 0 Å². The van der Waals surface area contributed by atoms with Crippen LogP contribution in [0.5, 0.6) is 0 Å². The van der Waals surface area contributed by atoms with Crippen molar-refractivity contribution in [1.82, 2.24) is 10.2 Å². The number of rotatable bonds is 5. The van der Waals surface area contributed by atoms with Crippen molar-refractivity contribution < 1.29 is 4.79 Å². The van der Waals surface area contributed by atoms with Gasteiger partial charge < -0.3 is 10.2 Å². The third kappa shape index (κ3) is 4.07. The summed E-state index contributed by atoms with van der Waals surface area (Å²) in [6, 6.07) is 8.49. The SMILES string of the molecule is CCCNC1CCN(C(=O)c2cccc(C)c2)CC1CC. The van der Waals surface area contributed by atoms with Gasteiger partial charge in [0.2, 0.25) is 0 Å². The molecule has 1 aromatic carbocycles. The van der Waals surface area contributed by atoms with Gasteiger partial charge in [-0.25, -0.2) is 0 Å². The zero-order valence-corrected chi connectivity index (χ0v) is 13.6. The van der Waals surface area contributed by atoms with Crippen molar-refractivity contribution in [2.45, 2.75) is 46.1 Å². The second-order valence-electron chi connectivity index (χ2n) is 6.14. The van der Waals surface area contributed by atoms with E-state index in [0.717, 1.165) is 43.6 Å². The molecule has 0 spiro atoms. The van der Waals surface area contributed by atoms with E-state index < -0.39 is 0 Å². The summed E-state index contributed by atoms with van der Waals surface area (Å²) >= 11 is 0. The number of hydrogen-bond donors (Lipinski definition) is 1. The normalized spacial score (nSPS) is 22.3. The summed E-state index contributed by atoms with van der Waals surface area (Å²) in [6.07, 6.45) is 3.36. The summed E-state index contributed by atoms with van der Waals surface area (Å²) in [7, 11) is 0. The molecule has 0 saturated carbocycles. The number of nitrogens with zero attached hydrogens (tertiary/aromatic N) is 1. The van der Waals surface area contributed by atoms with Crippen molar-refractivity contribution in [3.8, 4) is 0 Å². The Balaban J connectivity index is 2.01. The van der Waals surface area contributed by atoms with Crippen LogP contribution in [0, 0.1) is 12.8 Å². The Morgan fingerprint density at radius 1 is 1.38 bits per heavy atom. The zero-order chi connectivity index (χ0) is 15.2. The molecular weight excluding hydrogens is 260 g/mol. The molecule has 116 valence electrons. The molecule has 21 heavy (non-hydrogen) atoms. The lowest BCUT2D eigenvalue weighted by Gasteiger charge is -2.39. The Kier molecular flexibility index (Phi) is 5.80. The fourth-order valence-electron chi connectivity index (χ4n) is 3.19. The molecule has 3 heteroatoms. The third-order valence-corrected chi connectivity index (χ3v) is 4.47. The molecule has 1 aromatic rings. The van der Waals surface area contributed by atoms with E-state index in [0.29, 0.717) is 12.0 Å². The fourth-order valence-corrected chi connectivity index (χ4v) is 3.19. The average Bonchev–Trinajstić information content (AvgIpc) is 2.52. The van der Waals surface area contributed by atoms with Crippen molar-refractivity contribution in [3.05, 3.63) is 35.4 Å². The number of benzene rings is 1. The van der Waals surface area contributed by atoms with E-state index in [1.807, 2.05) is 36.1 Å². The summed E-state index contributed by atoms with van der Waals surface area (Å²) in [5.74, 6) is 0.755. The van der Waals surface area contributed by atoms with Gasteiger partial charge in [-0.2, -0.15) is 0 Å². The quantitative estimate of drug-likeness (QED) is 0.902. The van der Waals surface area contributed by atoms with Crippen molar-refractivity contribution in [2.24, 2.45) is 5.92 Å². The van der Waals surface area contributed by atoms with Crippen LogP contribution in [0.4, 0.5) is 0 Å². The van der Waals surface area contributed by atoms with E-state index in [1.54, 1.807) is 0 Å². The Bertz CT molecular complexity index is 472. The fraction of sp³-hybridized carbons (Fsp3) is 0.611. The molecule has 1 N–H and O–H groups in total. The lowest BCUT2D eigenvalue weighted by Crippen LogP contribution is -2.51. The summed E-state index contributed by atoms with van der Waals surface area (Å²) < 4.78 is 0. The average molecular weight is 288 g/mol. The van der Waals surface area contributed by atoms with Gasteiger partial charge in [-0.1, -0.05) is 38.0 Å². The molecule has 1 amide bonds. The molecule has 2 atom stereocenters. The topological polar surface area (TPSA) is 32.3 Å². The first-order chi connectivity index (χ1) is 10.2. The summed E-state index contributed by atoms with van der Waals surface area (Å²) in [5, 5.41) is 3.64. The molecule has 2 rings (SSSR count). The molecule has 0 radical (unpaired) electrons. The number of likely N-dealkylation sites (tertiary alicyclic amines) is 1. The standard InChI is InChI=1S/C18H28N2O/c1-4-10-19-17-9-11-20(13-15(17)5-2)18(21)16-8-6-7-14(3)12-16/h6-8,12,15,17,19H,4-5,9-11,13H2,1-3H3. The van der Waals surface area contributed by atoms with Crippen LogP contribution >= 0.6 is 0 Å². The summed E-state index contributed by atoms with van der Waals surface area (Å²) in [6.45, 7) is 9.28. The van der Waals surface area contributed by atoms with Gasteiger partial charge in [0, 0.05) is 24.7 Å². The van der Waals surface area contributed by atoms with Gasteiger partial charge in [-0.3, -0.25) is 4.79 Å². The smallest absolute Gasteiger partial charge is 0.253 e. The van der Waals surface area contributed by atoms with Gasteiger partial charge >= 0.3 is 0 Å². The Morgan fingerprint density at radius 2 is 2.19 bits per heavy atom. The van der Waals surface area contributed by atoms with Crippen LogP contribution in [-0.4, -0.2) is 36.5 Å². The van der Waals surface area contributed by atoms with Gasteiger partial charge in [0.05, 0.1) is 0 Å². The number of hydrogen-bond acceptors (Lipinski definition) is 2. The van der Waals surface area contributed by atoms with E-state index in [4.69, 9.17) is 0 Å². The highest BCUT2D eigenvalue weighted by molar-refractivity contribution is 5.94. The highest BCUT2D eigenvalue weighted by Crippen LogP contribution is 2.22. The van der Waals surface area contributed by atoms with E-state index in [9.17, 15) is 4.79 Å². The Morgan fingerprint density at radius 3 is 2.86 bits per heavy atom. The van der Waals surface area contributed by atoms with Crippen molar-refractivity contribution in [2.75, 3.05) is 19.6 Å². The molecule has 0 aliphatic carbocycles. The summed E-state index contributed by atoms with van der Waals surface area (Å²) in [5.41, 5.74) is 1.97. The Hall–Kier alpha value is -1.35. The number of amides is 1. The molecule has 3 nitrogen and oxygen atoms in total. The maximum absolute atomic E-state index is 12.6. The highest BCUT2D eigenvalue weighted by Gasteiger charge is 2.30. The first kappa shape index (κ1) is 16.0. The zero-order valence-electron chi connectivity index (χ0n) is 13.6.